The van der Waals surface area contributed by atoms with Crippen LogP contribution in [0.25, 0.3) is 0 Å². The summed E-state index contributed by atoms with van der Waals surface area (Å²) >= 11 is 0. The molecule has 0 fully saturated rings. The number of aromatic nitrogens is 1. The van der Waals surface area contributed by atoms with Gasteiger partial charge in [0.15, 0.2) is 6.10 Å². The van der Waals surface area contributed by atoms with Gasteiger partial charge in [0.25, 0.3) is 0 Å². The lowest BCUT2D eigenvalue weighted by Crippen LogP contribution is -2.08. The number of pyridine rings is 1. The van der Waals surface area contributed by atoms with Gasteiger partial charge in [0.2, 0.25) is 0 Å². The molecule has 0 aromatic carbocycles. The summed E-state index contributed by atoms with van der Waals surface area (Å²) in [7, 11) is 0. The van der Waals surface area contributed by atoms with Crippen molar-refractivity contribution in [2.45, 2.75) is 12.5 Å². The molecular weight excluding hydrogens is 140 g/mol. The molecule has 0 radical (unpaired) electrons. The molecule has 1 aliphatic heterocycles. The van der Waals surface area contributed by atoms with Crippen LogP contribution >= 0.6 is 0 Å². The van der Waals surface area contributed by atoms with E-state index < -0.39 is 0 Å². The topological polar surface area (TPSA) is 45.9 Å². The highest BCUT2D eigenvalue weighted by Crippen LogP contribution is 2.26. The maximum absolute atomic E-state index is 8.54. The van der Waals surface area contributed by atoms with E-state index in [0.717, 1.165) is 11.3 Å². The van der Waals surface area contributed by atoms with Crippen molar-refractivity contribution in [3.05, 3.63) is 24.0 Å². The molecule has 0 amide bonds. The third-order valence-electron chi connectivity index (χ3n) is 1.68. The first-order valence-electron chi connectivity index (χ1n) is 3.39. The van der Waals surface area contributed by atoms with Crippen molar-refractivity contribution in [2.75, 3.05) is 0 Å². The van der Waals surface area contributed by atoms with Gasteiger partial charge in [-0.05, 0) is 6.07 Å². The van der Waals surface area contributed by atoms with E-state index in [1.165, 1.54) is 0 Å². The number of ether oxygens (including phenoxy) is 1. The molecule has 1 aliphatic rings. The van der Waals surface area contributed by atoms with Crippen LogP contribution in [0.15, 0.2) is 18.5 Å². The second kappa shape index (κ2) is 2.24. The van der Waals surface area contributed by atoms with Gasteiger partial charge < -0.3 is 4.74 Å². The molecule has 0 N–H and O–H groups in total. The van der Waals surface area contributed by atoms with Crippen molar-refractivity contribution in [2.24, 2.45) is 0 Å². The zero-order valence-corrected chi connectivity index (χ0v) is 5.82. The van der Waals surface area contributed by atoms with Gasteiger partial charge >= 0.3 is 0 Å². The molecule has 0 bridgehead atoms. The van der Waals surface area contributed by atoms with Crippen molar-refractivity contribution >= 4 is 0 Å². The van der Waals surface area contributed by atoms with E-state index in [-0.39, 0.29) is 6.10 Å². The van der Waals surface area contributed by atoms with Crippen LogP contribution in [0.1, 0.15) is 5.56 Å². The first-order chi connectivity index (χ1) is 5.40. The van der Waals surface area contributed by atoms with Gasteiger partial charge in [0.1, 0.15) is 11.8 Å². The van der Waals surface area contributed by atoms with Gasteiger partial charge in [-0.15, -0.1) is 0 Å². The monoisotopic (exact) mass is 146 g/mol. The third kappa shape index (κ3) is 0.926. The molecule has 2 rings (SSSR count). The van der Waals surface area contributed by atoms with Crippen molar-refractivity contribution in [1.82, 2.24) is 4.98 Å². The Bertz CT molecular complexity index is 291. The average molecular weight is 146 g/mol. The summed E-state index contributed by atoms with van der Waals surface area (Å²) in [6.07, 6.45) is 3.76. The number of fused-ring (bicyclic) bond motifs is 1. The predicted molar refractivity (Wildman–Crippen MR) is 38.0 cm³/mol. The third-order valence-corrected chi connectivity index (χ3v) is 1.68. The maximum atomic E-state index is 8.54. The maximum Gasteiger partial charge on any atom is 0.188 e. The van der Waals surface area contributed by atoms with Crippen LogP contribution in [0.5, 0.6) is 5.75 Å². The summed E-state index contributed by atoms with van der Waals surface area (Å²) in [5.74, 6) is 0.798. The highest BCUT2D eigenvalue weighted by molar-refractivity contribution is 5.35. The van der Waals surface area contributed by atoms with Crippen LogP contribution in [0, 0.1) is 11.3 Å². The summed E-state index contributed by atoms with van der Waals surface area (Å²) in [6, 6.07) is 3.85. The smallest absolute Gasteiger partial charge is 0.188 e. The number of rotatable bonds is 0. The molecule has 1 unspecified atom stereocenters. The second-order valence-corrected chi connectivity index (χ2v) is 2.42. The Labute approximate surface area is 64.2 Å². The summed E-state index contributed by atoms with van der Waals surface area (Å²) < 4.78 is 5.25. The van der Waals surface area contributed by atoms with Crippen molar-refractivity contribution < 1.29 is 4.74 Å². The first-order valence-corrected chi connectivity index (χ1v) is 3.39. The van der Waals surface area contributed by atoms with Crippen LogP contribution in [0.4, 0.5) is 0 Å². The minimum atomic E-state index is -0.311. The van der Waals surface area contributed by atoms with Gasteiger partial charge in [-0.1, -0.05) is 0 Å². The molecule has 3 heteroatoms. The van der Waals surface area contributed by atoms with Crippen molar-refractivity contribution in [3.8, 4) is 11.8 Å². The fourth-order valence-electron chi connectivity index (χ4n) is 1.15. The fourth-order valence-corrected chi connectivity index (χ4v) is 1.15. The molecule has 1 aromatic rings. The van der Waals surface area contributed by atoms with Gasteiger partial charge in [0.05, 0.1) is 0 Å². The number of nitriles is 1. The van der Waals surface area contributed by atoms with E-state index >= 15 is 0 Å². The van der Waals surface area contributed by atoms with Crippen LogP contribution in [0.3, 0.4) is 0 Å². The van der Waals surface area contributed by atoms with E-state index in [4.69, 9.17) is 10.00 Å². The predicted octanol–water partition coefficient (Wildman–Crippen LogP) is 0.909. The van der Waals surface area contributed by atoms with Gasteiger partial charge in [-0.3, -0.25) is 4.98 Å². The van der Waals surface area contributed by atoms with Crippen LogP contribution in [-0.4, -0.2) is 11.1 Å². The lowest BCUT2D eigenvalue weighted by molar-refractivity contribution is 0.290. The Morgan fingerprint density at radius 2 is 2.64 bits per heavy atom. The zero-order valence-electron chi connectivity index (χ0n) is 5.82. The second-order valence-electron chi connectivity index (χ2n) is 2.42. The average Bonchev–Trinajstić information content (AvgIpc) is 2.46. The molecule has 2 heterocycles. The highest BCUT2D eigenvalue weighted by Gasteiger charge is 2.21. The van der Waals surface area contributed by atoms with Gasteiger partial charge in [-0.25, -0.2) is 0 Å². The van der Waals surface area contributed by atoms with Crippen molar-refractivity contribution in [1.29, 1.82) is 5.26 Å². The van der Waals surface area contributed by atoms with E-state index in [1.54, 1.807) is 18.5 Å². The molecular formula is C8H6N2O. The highest BCUT2D eigenvalue weighted by atomic mass is 16.5. The number of hydrogen-bond acceptors (Lipinski definition) is 3. The minimum Gasteiger partial charge on any atom is -0.475 e. The SMILES string of the molecule is N#CC1Cc2cnccc2O1. The summed E-state index contributed by atoms with van der Waals surface area (Å²) in [4.78, 5) is 3.94. The summed E-state index contributed by atoms with van der Waals surface area (Å²) in [6.45, 7) is 0. The molecule has 0 saturated heterocycles. The lowest BCUT2D eigenvalue weighted by atomic mass is 10.2. The lowest BCUT2D eigenvalue weighted by Gasteiger charge is -1.97. The minimum absolute atomic E-state index is 0.311. The van der Waals surface area contributed by atoms with E-state index in [0.29, 0.717) is 6.42 Å². The molecule has 0 saturated carbocycles. The largest absolute Gasteiger partial charge is 0.475 e. The molecule has 54 valence electrons. The van der Waals surface area contributed by atoms with E-state index in [9.17, 15) is 0 Å². The Morgan fingerprint density at radius 3 is 3.36 bits per heavy atom. The standard InChI is InChI=1S/C8H6N2O/c9-4-7-3-6-5-10-2-1-8(6)11-7/h1-2,5,7H,3H2. The quantitative estimate of drug-likeness (QED) is 0.546. The molecule has 3 nitrogen and oxygen atoms in total. The molecule has 0 aliphatic carbocycles. The van der Waals surface area contributed by atoms with Crippen molar-refractivity contribution in [3.63, 3.8) is 0 Å². The molecule has 1 atom stereocenters. The first kappa shape index (κ1) is 6.17. The Kier molecular flexibility index (Phi) is 1.26. The van der Waals surface area contributed by atoms with Gasteiger partial charge in [-0.2, -0.15) is 5.26 Å². The van der Waals surface area contributed by atoms with Crippen LogP contribution < -0.4 is 4.74 Å². The molecule has 1 aromatic heterocycles. The van der Waals surface area contributed by atoms with Gasteiger partial charge in [0, 0.05) is 24.4 Å². The Morgan fingerprint density at radius 1 is 1.73 bits per heavy atom. The van der Waals surface area contributed by atoms with Crippen LogP contribution in [0.2, 0.25) is 0 Å². The Balaban J connectivity index is 2.35. The summed E-state index contributed by atoms with van der Waals surface area (Å²) in [5.41, 5.74) is 1.03. The summed E-state index contributed by atoms with van der Waals surface area (Å²) in [5, 5.41) is 8.54. The van der Waals surface area contributed by atoms with Crippen LogP contribution in [-0.2, 0) is 6.42 Å². The number of nitrogens with zero attached hydrogens (tertiary/aromatic N) is 2. The Hall–Kier alpha value is -1.56. The van der Waals surface area contributed by atoms with E-state index in [1.807, 2.05) is 0 Å². The number of hydrogen-bond donors (Lipinski definition) is 0. The zero-order chi connectivity index (χ0) is 7.68. The fraction of sp³-hybridized carbons (Fsp3) is 0.250. The molecule has 11 heavy (non-hydrogen) atoms. The van der Waals surface area contributed by atoms with E-state index in [2.05, 4.69) is 11.1 Å². The molecule has 0 spiro atoms. The normalized spacial score (nSPS) is 20.1.